The minimum Gasteiger partial charge on any atom is -0.478 e. The number of pyridine rings is 1. The van der Waals surface area contributed by atoms with Gasteiger partial charge in [-0.05, 0) is 32.3 Å². The molecule has 2 N–H and O–H groups in total. The lowest BCUT2D eigenvalue weighted by Gasteiger charge is -2.14. The summed E-state index contributed by atoms with van der Waals surface area (Å²) in [6.45, 7) is 3.53. The van der Waals surface area contributed by atoms with Crippen LogP contribution in [0, 0.1) is 6.92 Å². The van der Waals surface area contributed by atoms with Gasteiger partial charge in [0.2, 0.25) is 5.43 Å². The van der Waals surface area contributed by atoms with E-state index in [-0.39, 0.29) is 29.7 Å². The molecule has 2 rings (SSSR count). The second-order valence-corrected chi connectivity index (χ2v) is 5.58. The van der Waals surface area contributed by atoms with Gasteiger partial charge in [-0.3, -0.25) is 9.59 Å². The number of amides is 1. The van der Waals surface area contributed by atoms with Crippen molar-refractivity contribution >= 4 is 5.91 Å². The van der Waals surface area contributed by atoms with Gasteiger partial charge < -0.3 is 15.0 Å². The van der Waals surface area contributed by atoms with Crippen LogP contribution in [0.25, 0.3) is 0 Å². The van der Waals surface area contributed by atoms with E-state index in [2.05, 4.69) is 22.4 Å². The Morgan fingerprint density at radius 3 is 2.70 bits per heavy atom. The molecule has 0 saturated carbocycles. The molecule has 0 radical (unpaired) electrons. The molecule has 1 heterocycles. The maximum absolute atomic E-state index is 11.9. The summed E-state index contributed by atoms with van der Waals surface area (Å²) in [7, 11) is 0. The van der Waals surface area contributed by atoms with Crippen molar-refractivity contribution in [2.24, 2.45) is 0 Å². The molecule has 0 saturated heterocycles. The van der Waals surface area contributed by atoms with Crippen molar-refractivity contribution in [3.63, 3.8) is 0 Å². The molecule has 0 fully saturated rings. The molecule has 0 aliphatic rings. The number of hydrogen-bond donors (Lipinski definition) is 2. The highest BCUT2D eigenvalue weighted by atomic mass is 16.5. The summed E-state index contributed by atoms with van der Waals surface area (Å²) < 4.78 is 5.34. The van der Waals surface area contributed by atoms with Crippen LogP contribution in [0.5, 0.6) is 5.75 Å². The molecule has 0 unspecified atom stereocenters. The van der Waals surface area contributed by atoms with Gasteiger partial charge in [0.05, 0.1) is 5.69 Å². The Kier molecular flexibility index (Phi) is 5.97. The minimum absolute atomic E-state index is 0.0430. The molecule has 1 atom stereocenters. The van der Waals surface area contributed by atoms with E-state index in [9.17, 15) is 9.59 Å². The molecule has 122 valence electrons. The van der Waals surface area contributed by atoms with Crippen LogP contribution in [0.15, 0.2) is 47.4 Å². The number of aryl methyl sites for hydroxylation is 2. The molecule has 1 aromatic heterocycles. The first-order valence-corrected chi connectivity index (χ1v) is 7.70. The van der Waals surface area contributed by atoms with Gasteiger partial charge in [0.25, 0.3) is 5.91 Å². The molecule has 0 spiro atoms. The third kappa shape index (κ3) is 5.29. The van der Waals surface area contributed by atoms with E-state index in [1.165, 1.54) is 11.6 Å². The summed E-state index contributed by atoms with van der Waals surface area (Å²) in [5.74, 6) is -0.0344. The van der Waals surface area contributed by atoms with Crippen molar-refractivity contribution in [2.75, 3.05) is 6.61 Å². The van der Waals surface area contributed by atoms with Crippen LogP contribution in [0.4, 0.5) is 0 Å². The fraction of sp³-hybridized carbons (Fsp3) is 0.333. The number of ether oxygens (including phenoxy) is 1. The van der Waals surface area contributed by atoms with Crippen LogP contribution < -0.4 is 15.5 Å². The summed E-state index contributed by atoms with van der Waals surface area (Å²) in [4.78, 5) is 26.5. The van der Waals surface area contributed by atoms with Crippen LogP contribution in [-0.4, -0.2) is 23.5 Å². The number of rotatable bonds is 7. The maximum atomic E-state index is 11.9. The summed E-state index contributed by atoms with van der Waals surface area (Å²) in [5, 5.41) is 2.88. The van der Waals surface area contributed by atoms with Crippen molar-refractivity contribution in [3.05, 3.63) is 64.1 Å². The number of carbonyl (C=O) groups excluding carboxylic acids is 1. The predicted molar refractivity (Wildman–Crippen MR) is 89.7 cm³/mol. The molecule has 5 heteroatoms. The molecule has 0 aliphatic carbocycles. The van der Waals surface area contributed by atoms with Gasteiger partial charge in [-0.25, -0.2) is 0 Å². The molecule has 0 bridgehead atoms. The Hall–Kier alpha value is -2.56. The number of hydrogen-bond acceptors (Lipinski definition) is 3. The van der Waals surface area contributed by atoms with Gasteiger partial charge >= 0.3 is 0 Å². The first-order chi connectivity index (χ1) is 11.1. The second-order valence-electron chi connectivity index (χ2n) is 5.58. The zero-order valence-electron chi connectivity index (χ0n) is 13.5. The van der Waals surface area contributed by atoms with Crippen molar-refractivity contribution < 1.29 is 9.53 Å². The zero-order valence-corrected chi connectivity index (χ0v) is 13.5. The highest BCUT2D eigenvalue weighted by Gasteiger charge is 2.11. The van der Waals surface area contributed by atoms with Crippen molar-refractivity contribution in [2.45, 2.75) is 32.7 Å². The first-order valence-electron chi connectivity index (χ1n) is 7.70. The summed E-state index contributed by atoms with van der Waals surface area (Å²) >= 11 is 0. The highest BCUT2D eigenvalue weighted by molar-refractivity contribution is 5.77. The lowest BCUT2D eigenvalue weighted by Crippen LogP contribution is -2.36. The molecule has 1 aromatic carbocycles. The molecular weight excluding hydrogens is 292 g/mol. The number of benzene rings is 1. The van der Waals surface area contributed by atoms with E-state index in [0.717, 1.165) is 12.8 Å². The van der Waals surface area contributed by atoms with E-state index in [4.69, 9.17) is 4.74 Å². The maximum Gasteiger partial charge on any atom is 0.258 e. The number of H-pyrrole nitrogens is 1. The normalized spacial score (nSPS) is 11.7. The minimum atomic E-state index is -0.230. The Morgan fingerprint density at radius 2 is 2.00 bits per heavy atom. The Labute approximate surface area is 135 Å². The monoisotopic (exact) mass is 314 g/mol. The predicted octanol–water partition coefficient (Wildman–Crippen LogP) is 2.20. The smallest absolute Gasteiger partial charge is 0.258 e. The van der Waals surface area contributed by atoms with Crippen LogP contribution in [0.2, 0.25) is 0 Å². The lowest BCUT2D eigenvalue weighted by molar-refractivity contribution is -0.123. The van der Waals surface area contributed by atoms with Crippen LogP contribution in [0.1, 0.15) is 24.6 Å². The van der Waals surface area contributed by atoms with Gasteiger partial charge in [-0.2, -0.15) is 0 Å². The third-order valence-corrected chi connectivity index (χ3v) is 3.56. The molecule has 0 aliphatic heterocycles. The zero-order chi connectivity index (χ0) is 16.7. The fourth-order valence-electron chi connectivity index (χ4n) is 2.30. The van der Waals surface area contributed by atoms with E-state index in [1.807, 2.05) is 25.1 Å². The van der Waals surface area contributed by atoms with Crippen molar-refractivity contribution in [1.29, 1.82) is 0 Å². The van der Waals surface area contributed by atoms with E-state index >= 15 is 0 Å². The molecule has 1 amide bonds. The SMILES string of the molecule is Cc1[nH]ccc(=O)c1OCC(=O)N[C@@H](C)CCc1ccccc1. The first kappa shape index (κ1) is 16.8. The van der Waals surface area contributed by atoms with Gasteiger partial charge in [-0.15, -0.1) is 0 Å². The van der Waals surface area contributed by atoms with Crippen LogP contribution >= 0.6 is 0 Å². The molecule has 5 nitrogen and oxygen atoms in total. The van der Waals surface area contributed by atoms with Crippen LogP contribution in [0.3, 0.4) is 0 Å². The molecule has 2 aromatic rings. The topological polar surface area (TPSA) is 71.2 Å². The van der Waals surface area contributed by atoms with Gasteiger partial charge in [0, 0.05) is 18.3 Å². The van der Waals surface area contributed by atoms with Gasteiger partial charge in [-0.1, -0.05) is 30.3 Å². The quantitative estimate of drug-likeness (QED) is 0.823. The van der Waals surface area contributed by atoms with Crippen molar-refractivity contribution in [1.82, 2.24) is 10.3 Å². The van der Waals surface area contributed by atoms with E-state index in [1.54, 1.807) is 13.1 Å². The largest absolute Gasteiger partial charge is 0.478 e. The average Bonchev–Trinajstić information content (AvgIpc) is 2.53. The Bertz CT molecular complexity index is 695. The number of nitrogens with one attached hydrogen (secondary N) is 2. The fourth-order valence-corrected chi connectivity index (χ4v) is 2.30. The Balaban J connectivity index is 1.77. The van der Waals surface area contributed by atoms with Gasteiger partial charge in [0.1, 0.15) is 0 Å². The standard InChI is InChI=1S/C18H22N2O3/c1-13(8-9-15-6-4-3-5-7-15)20-17(22)12-23-18-14(2)19-11-10-16(18)21/h3-7,10-11,13H,8-9,12H2,1-2H3,(H,19,21)(H,20,22)/t13-/m0/s1. The highest BCUT2D eigenvalue weighted by Crippen LogP contribution is 2.07. The second kappa shape index (κ2) is 8.17. The molecule has 23 heavy (non-hydrogen) atoms. The van der Waals surface area contributed by atoms with Crippen molar-refractivity contribution in [3.8, 4) is 5.75 Å². The molecular formula is C18H22N2O3. The van der Waals surface area contributed by atoms with E-state index in [0.29, 0.717) is 5.69 Å². The number of carbonyl (C=O) groups is 1. The summed E-state index contributed by atoms with van der Waals surface area (Å²) in [5.41, 5.74) is 1.63. The van der Waals surface area contributed by atoms with Crippen LogP contribution in [-0.2, 0) is 11.2 Å². The Morgan fingerprint density at radius 1 is 1.26 bits per heavy atom. The summed E-state index contributed by atoms with van der Waals surface area (Å²) in [6, 6.07) is 11.6. The number of aromatic amines is 1. The van der Waals surface area contributed by atoms with Gasteiger partial charge in [0.15, 0.2) is 12.4 Å². The van der Waals surface area contributed by atoms with E-state index < -0.39 is 0 Å². The third-order valence-electron chi connectivity index (χ3n) is 3.56. The average molecular weight is 314 g/mol. The lowest BCUT2D eigenvalue weighted by atomic mass is 10.1. The number of aromatic nitrogens is 1. The summed E-state index contributed by atoms with van der Waals surface area (Å²) in [6.07, 6.45) is 3.30.